The van der Waals surface area contributed by atoms with Crippen molar-refractivity contribution in [3.8, 4) is 0 Å². The fourth-order valence-electron chi connectivity index (χ4n) is 1.65. The molecule has 3 nitrogen and oxygen atoms in total. The zero-order chi connectivity index (χ0) is 17.1. The first-order valence-corrected chi connectivity index (χ1v) is 6.17. The molecule has 0 fully saturated rings. The SMILES string of the molecule is C/C(=N\N(Cc1ccc(N)c(C)c1)CC(F)(F)F)C(F)(F)F. The summed E-state index contributed by atoms with van der Waals surface area (Å²) in [6.07, 6.45) is -9.45. The van der Waals surface area contributed by atoms with E-state index in [1.165, 1.54) is 18.2 Å². The van der Waals surface area contributed by atoms with Gasteiger partial charge in [0.25, 0.3) is 0 Å². The molecule has 2 N–H and O–H groups in total. The molecule has 0 atom stereocenters. The van der Waals surface area contributed by atoms with Crippen LogP contribution in [0.5, 0.6) is 0 Å². The van der Waals surface area contributed by atoms with Crippen LogP contribution >= 0.6 is 0 Å². The van der Waals surface area contributed by atoms with E-state index in [4.69, 9.17) is 5.73 Å². The summed E-state index contributed by atoms with van der Waals surface area (Å²) in [5, 5.41) is 3.40. The van der Waals surface area contributed by atoms with Crippen molar-refractivity contribution in [1.29, 1.82) is 0 Å². The minimum absolute atomic E-state index is 0.341. The largest absolute Gasteiger partial charge is 0.430 e. The van der Waals surface area contributed by atoms with Gasteiger partial charge in [-0.15, -0.1) is 0 Å². The fourth-order valence-corrected chi connectivity index (χ4v) is 1.65. The van der Waals surface area contributed by atoms with Gasteiger partial charge in [-0.2, -0.15) is 31.4 Å². The molecule has 0 saturated heterocycles. The van der Waals surface area contributed by atoms with Gasteiger partial charge in [-0.25, -0.2) is 0 Å². The second kappa shape index (κ2) is 6.45. The fraction of sp³-hybridized carbons (Fsp3) is 0.462. The molecule has 0 saturated carbocycles. The first-order valence-electron chi connectivity index (χ1n) is 6.17. The smallest absolute Gasteiger partial charge is 0.399 e. The molecule has 0 aliphatic carbocycles. The molecule has 0 aliphatic rings. The molecule has 0 aromatic heterocycles. The number of rotatable bonds is 4. The van der Waals surface area contributed by atoms with Gasteiger partial charge in [-0.1, -0.05) is 12.1 Å². The Morgan fingerprint density at radius 1 is 1.18 bits per heavy atom. The van der Waals surface area contributed by atoms with Crippen LogP contribution < -0.4 is 5.73 Å². The van der Waals surface area contributed by atoms with Crippen molar-refractivity contribution < 1.29 is 26.3 Å². The van der Waals surface area contributed by atoms with Gasteiger partial charge in [0.05, 0.1) is 6.54 Å². The summed E-state index contributed by atoms with van der Waals surface area (Å²) < 4.78 is 74.8. The number of hydrogen-bond acceptors (Lipinski definition) is 3. The predicted molar refractivity (Wildman–Crippen MR) is 71.2 cm³/mol. The zero-order valence-electron chi connectivity index (χ0n) is 11.9. The predicted octanol–water partition coefficient (Wildman–Crippen LogP) is 3.88. The lowest BCUT2D eigenvalue weighted by molar-refractivity contribution is -0.147. The Kier molecular flexibility index (Phi) is 5.31. The molecule has 9 heteroatoms. The van der Waals surface area contributed by atoms with Crippen molar-refractivity contribution in [3.05, 3.63) is 29.3 Å². The topological polar surface area (TPSA) is 41.6 Å². The quantitative estimate of drug-likeness (QED) is 0.395. The first-order chi connectivity index (χ1) is 9.88. The van der Waals surface area contributed by atoms with Gasteiger partial charge in [0, 0.05) is 5.69 Å². The minimum atomic E-state index is -4.78. The standard InChI is InChI=1S/C13H15F6N3/c1-8-5-10(3-4-11(8)20)6-22(7-12(14,15)16)21-9(2)13(17,18)19/h3-5H,6-7,20H2,1-2H3/b21-9+. The first kappa shape index (κ1) is 18.1. The number of nitrogens with two attached hydrogens (primary N) is 1. The van der Waals surface area contributed by atoms with E-state index >= 15 is 0 Å². The van der Waals surface area contributed by atoms with Gasteiger partial charge < -0.3 is 5.73 Å². The highest BCUT2D eigenvalue weighted by Crippen LogP contribution is 2.22. The van der Waals surface area contributed by atoms with Crippen LogP contribution in [0.1, 0.15) is 18.1 Å². The van der Waals surface area contributed by atoms with E-state index in [1.807, 2.05) is 0 Å². The Labute approximate surface area is 123 Å². The Balaban J connectivity index is 3.03. The van der Waals surface area contributed by atoms with Gasteiger partial charge in [0.15, 0.2) is 0 Å². The second-order valence-electron chi connectivity index (χ2n) is 4.81. The van der Waals surface area contributed by atoms with Gasteiger partial charge in [0.2, 0.25) is 0 Å². The number of nitrogens with zero attached hydrogens (tertiary/aromatic N) is 2. The highest BCUT2D eigenvalue weighted by atomic mass is 19.4. The third kappa shape index (κ3) is 5.82. The Bertz CT molecular complexity index is 548. The van der Waals surface area contributed by atoms with Crippen LogP contribution in [-0.2, 0) is 6.54 Å². The molecular formula is C13H15F6N3. The maximum absolute atomic E-state index is 12.5. The lowest BCUT2D eigenvalue weighted by Crippen LogP contribution is -2.33. The van der Waals surface area contributed by atoms with E-state index in [0.29, 0.717) is 28.7 Å². The maximum atomic E-state index is 12.5. The van der Waals surface area contributed by atoms with E-state index < -0.39 is 31.2 Å². The van der Waals surface area contributed by atoms with Crippen molar-refractivity contribution in [2.75, 3.05) is 12.3 Å². The molecule has 1 aromatic carbocycles. The molecule has 0 bridgehead atoms. The van der Waals surface area contributed by atoms with Crippen LogP contribution in [0, 0.1) is 6.92 Å². The molecule has 1 rings (SSSR count). The summed E-state index contributed by atoms with van der Waals surface area (Å²) in [7, 11) is 0. The average Bonchev–Trinajstić information content (AvgIpc) is 2.30. The lowest BCUT2D eigenvalue weighted by Gasteiger charge is -2.22. The molecule has 0 aliphatic heterocycles. The van der Waals surface area contributed by atoms with Crippen molar-refractivity contribution in [1.82, 2.24) is 5.01 Å². The van der Waals surface area contributed by atoms with Crippen molar-refractivity contribution in [2.45, 2.75) is 32.7 Å². The molecule has 0 unspecified atom stereocenters. The summed E-state index contributed by atoms with van der Waals surface area (Å²) in [5.74, 6) is 0. The summed E-state index contributed by atoms with van der Waals surface area (Å²) in [6, 6.07) is 4.44. The molecule has 0 heterocycles. The van der Waals surface area contributed by atoms with E-state index in [1.54, 1.807) is 6.92 Å². The normalized spacial score (nSPS) is 13.4. The van der Waals surface area contributed by atoms with Gasteiger partial charge in [-0.05, 0) is 31.0 Å². The van der Waals surface area contributed by atoms with Gasteiger partial charge in [0.1, 0.15) is 12.3 Å². The van der Waals surface area contributed by atoms with Crippen molar-refractivity contribution in [3.63, 3.8) is 0 Å². The monoisotopic (exact) mass is 327 g/mol. The highest BCUT2D eigenvalue weighted by Gasteiger charge is 2.35. The third-order valence-corrected chi connectivity index (χ3v) is 2.76. The summed E-state index contributed by atoms with van der Waals surface area (Å²) in [5.41, 5.74) is 5.70. The van der Waals surface area contributed by atoms with E-state index in [9.17, 15) is 26.3 Å². The van der Waals surface area contributed by atoms with Crippen LogP contribution in [0.15, 0.2) is 23.3 Å². The van der Waals surface area contributed by atoms with E-state index in [0.717, 1.165) is 0 Å². The Morgan fingerprint density at radius 2 is 1.77 bits per heavy atom. The Morgan fingerprint density at radius 3 is 2.23 bits per heavy atom. The number of hydrogen-bond donors (Lipinski definition) is 1. The number of halogens is 6. The Hall–Kier alpha value is -1.93. The second-order valence-corrected chi connectivity index (χ2v) is 4.81. The lowest BCUT2D eigenvalue weighted by atomic mass is 10.1. The number of aryl methyl sites for hydroxylation is 1. The number of anilines is 1. The number of hydrazone groups is 1. The van der Waals surface area contributed by atoms with Gasteiger partial charge >= 0.3 is 12.4 Å². The van der Waals surface area contributed by atoms with Crippen LogP contribution in [0.25, 0.3) is 0 Å². The molecule has 1 aromatic rings. The van der Waals surface area contributed by atoms with Crippen LogP contribution in [0.2, 0.25) is 0 Å². The average molecular weight is 327 g/mol. The molecule has 22 heavy (non-hydrogen) atoms. The van der Waals surface area contributed by atoms with Crippen molar-refractivity contribution in [2.24, 2.45) is 5.10 Å². The van der Waals surface area contributed by atoms with Gasteiger partial charge in [-0.3, -0.25) is 5.01 Å². The maximum Gasteiger partial charge on any atom is 0.430 e. The number of benzene rings is 1. The van der Waals surface area contributed by atoms with E-state index in [-0.39, 0.29) is 0 Å². The van der Waals surface area contributed by atoms with Crippen LogP contribution in [0.4, 0.5) is 32.0 Å². The zero-order valence-corrected chi connectivity index (χ0v) is 11.9. The van der Waals surface area contributed by atoms with Crippen molar-refractivity contribution >= 4 is 11.4 Å². The molecular weight excluding hydrogens is 312 g/mol. The summed E-state index contributed by atoms with van der Waals surface area (Å²) in [6.45, 7) is 0.284. The van der Waals surface area contributed by atoms with Crippen LogP contribution in [0.3, 0.4) is 0 Å². The summed E-state index contributed by atoms with van der Waals surface area (Å²) >= 11 is 0. The molecule has 0 amide bonds. The minimum Gasteiger partial charge on any atom is -0.399 e. The molecule has 0 radical (unpaired) electrons. The number of alkyl halides is 6. The molecule has 0 spiro atoms. The van der Waals surface area contributed by atoms with E-state index in [2.05, 4.69) is 5.10 Å². The van der Waals surface area contributed by atoms with Crippen LogP contribution in [-0.4, -0.2) is 29.6 Å². The highest BCUT2D eigenvalue weighted by molar-refractivity contribution is 5.87. The molecule has 124 valence electrons. The number of nitrogen functional groups attached to an aromatic ring is 1. The third-order valence-electron chi connectivity index (χ3n) is 2.76. The summed E-state index contributed by atoms with van der Waals surface area (Å²) in [4.78, 5) is 0.